The first-order valence-corrected chi connectivity index (χ1v) is 5.54. The number of nitrogen functional groups attached to an aromatic ring is 1. The van der Waals surface area contributed by atoms with Crippen molar-refractivity contribution in [3.8, 4) is 0 Å². The van der Waals surface area contributed by atoms with Crippen LogP contribution in [0, 0.1) is 0 Å². The summed E-state index contributed by atoms with van der Waals surface area (Å²) in [7, 11) is 0. The summed E-state index contributed by atoms with van der Waals surface area (Å²) >= 11 is 1.77. The molecule has 1 aromatic heterocycles. The van der Waals surface area contributed by atoms with E-state index in [0.717, 1.165) is 31.1 Å². The second kappa shape index (κ2) is 4.61. The predicted octanol–water partition coefficient (Wildman–Crippen LogP) is 1.33. The van der Waals surface area contributed by atoms with E-state index in [1.54, 1.807) is 11.8 Å². The smallest absolute Gasteiger partial charge is 0.127 e. The van der Waals surface area contributed by atoms with Crippen LogP contribution in [0.15, 0.2) is 17.4 Å². The van der Waals surface area contributed by atoms with Gasteiger partial charge in [0.05, 0.1) is 0 Å². The molecule has 2 N–H and O–H groups in total. The molecule has 0 amide bonds. The Balaban J connectivity index is 1.95. The van der Waals surface area contributed by atoms with Crippen molar-refractivity contribution < 1.29 is 4.74 Å². The molecule has 0 saturated carbocycles. The van der Waals surface area contributed by atoms with E-state index >= 15 is 0 Å². The highest BCUT2D eigenvalue weighted by molar-refractivity contribution is 7.99. The maximum absolute atomic E-state index is 5.57. The minimum absolute atomic E-state index is 0.537. The Bertz CT molecular complexity index is 302. The first-order valence-electron chi connectivity index (χ1n) is 4.66. The lowest BCUT2D eigenvalue weighted by Gasteiger charge is -2.20. The number of nitrogens with two attached hydrogens (primary N) is 1. The van der Waals surface area contributed by atoms with E-state index in [9.17, 15) is 0 Å². The van der Waals surface area contributed by atoms with Gasteiger partial charge in [0.15, 0.2) is 0 Å². The summed E-state index contributed by atoms with van der Waals surface area (Å²) in [6.45, 7) is 1.72. The van der Waals surface area contributed by atoms with Gasteiger partial charge in [-0.2, -0.15) is 0 Å². The van der Waals surface area contributed by atoms with Crippen LogP contribution in [-0.2, 0) is 4.74 Å². The van der Waals surface area contributed by atoms with Crippen LogP contribution in [0.3, 0.4) is 0 Å². The molecule has 0 unspecified atom stereocenters. The Labute approximate surface area is 87.3 Å². The van der Waals surface area contributed by atoms with E-state index in [4.69, 9.17) is 10.5 Å². The van der Waals surface area contributed by atoms with Crippen LogP contribution in [0.4, 0.5) is 5.82 Å². The highest BCUT2D eigenvalue weighted by atomic mass is 32.2. The van der Waals surface area contributed by atoms with Crippen molar-refractivity contribution in [1.82, 2.24) is 9.97 Å². The topological polar surface area (TPSA) is 61.0 Å². The fourth-order valence-electron chi connectivity index (χ4n) is 1.38. The highest BCUT2D eigenvalue weighted by Gasteiger charge is 2.15. The third-order valence-corrected chi connectivity index (χ3v) is 3.39. The monoisotopic (exact) mass is 211 g/mol. The van der Waals surface area contributed by atoms with Crippen LogP contribution in [0.1, 0.15) is 12.8 Å². The Morgan fingerprint density at radius 2 is 2.14 bits per heavy atom. The molecule has 0 aliphatic carbocycles. The Morgan fingerprint density at radius 1 is 1.36 bits per heavy atom. The fourth-order valence-corrected chi connectivity index (χ4v) is 2.45. The van der Waals surface area contributed by atoms with Gasteiger partial charge in [-0.1, -0.05) is 0 Å². The molecule has 2 rings (SSSR count). The third-order valence-electron chi connectivity index (χ3n) is 2.12. The molecule has 5 heteroatoms. The van der Waals surface area contributed by atoms with E-state index < -0.39 is 0 Å². The van der Waals surface area contributed by atoms with Crippen LogP contribution >= 0.6 is 11.8 Å². The quantitative estimate of drug-likeness (QED) is 0.748. The molecular formula is C9H13N3OS. The highest BCUT2D eigenvalue weighted by Crippen LogP contribution is 2.28. The second-order valence-corrected chi connectivity index (χ2v) is 4.53. The SMILES string of the molecule is Nc1cc(SC2CCOCC2)ncn1. The van der Waals surface area contributed by atoms with Gasteiger partial charge in [-0.25, -0.2) is 9.97 Å². The lowest BCUT2D eigenvalue weighted by atomic mass is 10.2. The van der Waals surface area contributed by atoms with E-state index in [0.29, 0.717) is 11.1 Å². The third kappa shape index (κ3) is 2.59. The van der Waals surface area contributed by atoms with Gasteiger partial charge in [-0.15, -0.1) is 11.8 Å². The van der Waals surface area contributed by atoms with Crippen molar-refractivity contribution >= 4 is 17.6 Å². The summed E-state index contributed by atoms with van der Waals surface area (Å²) in [6.07, 6.45) is 3.69. The van der Waals surface area contributed by atoms with Crippen LogP contribution in [0.5, 0.6) is 0 Å². The number of nitrogens with zero attached hydrogens (tertiary/aromatic N) is 2. The maximum atomic E-state index is 5.57. The molecule has 0 atom stereocenters. The van der Waals surface area contributed by atoms with Crippen molar-refractivity contribution in [2.45, 2.75) is 23.1 Å². The lowest BCUT2D eigenvalue weighted by Crippen LogP contribution is -2.17. The van der Waals surface area contributed by atoms with E-state index in [-0.39, 0.29) is 0 Å². The zero-order valence-electron chi connectivity index (χ0n) is 7.85. The number of hydrogen-bond acceptors (Lipinski definition) is 5. The fraction of sp³-hybridized carbons (Fsp3) is 0.556. The number of anilines is 1. The second-order valence-electron chi connectivity index (χ2n) is 3.21. The van der Waals surface area contributed by atoms with Crippen LogP contribution in [0.25, 0.3) is 0 Å². The minimum atomic E-state index is 0.537. The summed E-state index contributed by atoms with van der Waals surface area (Å²) in [4.78, 5) is 8.03. The molecule has 2 heterocycles. The summed E-state index contributed by atoms with van der Waals surface area (Å²) in [6, 6.07) is 1.82. The van der Waals surface area contributed by atoms with Gasteiger partial charge in [0.25, 0.3) is 0 Å². The molecule has 76 valence electrons. The molecule has 1 aliphatic rings. The molecule has 0 radical (unpaired) electrons. The number of aromatic nitrogens is 2. The van der Waals surface area contributed by atoms with Gasteiger partial charge < -0.3 is 10.5 Å². The number of rotatable bonds is 2. The summed E-state index contributed by atoms with van der Waals surface area (Å²) in [5.74, 6) is 0.537. The minimum Gasteiger partial charge on any atom is -0.384 e. The zero-order chi connectivity index (χ0) is 9.80. The average molecular weight is 211 g/mol. The molecule has 1 aromatic rings. The Kier molecular flexibility index (Phi) is 3.21. The lowest BCUT2D eigenvalue weighted by molar-refractivity contribution is 0.1000. The van der Waals surface area contributed by atoms with E-state index in [2.05, 4.69) is 9.97 Å². The van der Waals surface area contributed by atoms with Gasteiger partial charge in [-0.3, -0.25) is 0 Å². The molecule has 14 heavy (non-hydrogen) atoms. The molecule has 4 nitrogen and oxygen atoms in total. The summed E-state index contributed by atoms with van der Waals surface area (Å²) < 4.78 is 5.29. The molecule has 0 bridgehead atoms. The molecular weight excluding hydrogens is 198 g/mol. The van der Waals surface area contributed by atoms with Crippen LogP contribution in [0.2, 0.25) is 0 Å². The van der Waals surface area contributed by atoms with Gasteiger partial charge in [-0.05, 0) is 12.8 Å². The molecule has 0 aromatic carbocycles. The molecule has 1 aliphatic heterocycles. The summed E-state index contributed by atoms with van der Waals surface area (Å²) in [5.41, 5.74) is 5.57. The molecule has 1 fully saturated rings. The van der Waals surface area contributed by atoms with E-state index in [1.807, 2.05) is 6.07 Å². The normalized spacial score (nSPS) is 18.3. The zero-order valence-corrected chi connectivity index (χ0v) is 8.67. The first-order chi connectivity index (χ1) is 6.84. The Morgan fingerprint density at radius 3 is 2.86 bits per heavy atom. The largest absolute Gasteiger partial charge is 0.384 e. The van der Waals surface area contributed by atoms with Gasteiger partial charge in [0, 0.05) is 24.5 Å². The van der Waals surface area contributed by atoms with Gasteiger partial charge in [0.1, 0.15) is 17.2 Å². The number of thioether (sulfide) groups is 1. The van der Waals surface area contributed by atoms with Gasteiger partial charge in [0.2, 0.25) is 0 Å². The standard InChI is InChI=1S/C9H13N3OS/c10-8-5-9(12-6-11-8)14-7-1-3-13-4-2-7/h5-7H,1-4H2,(H2,10,11,12). The van der Waals surface area contributed by atoms with Gasteiger partial charge >= 0.3 is 0 Å². The Hall–Kier alpha value is -0.810. The van der Waals surface area contributed by atoms with Crippen molar-refractivity contribution in [3.63, 3.8) is 0 Å². The summed E-state index contributed by atoms with van der Waals surface area (Å²) in [5, 5.41) is 1.57. The first kappa shape index (κ1) is 9.73. The van der Waals surface area contributed by atoms with Crippen molar-refractivity contribution in [3.05, 3.63) is 12.4 Å². The predicted molar refractivity (Wildman–Crippen MR) is 56.1 cm³/mol. The molecule has 0 spiro atoms. The number of ether oxygens (including phenoxy) is 1. The van der Waals surface area contributed by atoms with Crippen molar-refractivity contribution in [2.75, 3.05) is 18.9 Å². The number of hydrogen-bond donors (Lipinski definition) is 1. The van der Waals surface area contributed by atoms with Crippen molar-refractivity contribution in [2.24, 2.45) is 0 Å². The maximum Gasteiger partial charge on any atom is 0.127 e. The molecule has 1 saturated heterocycles. The van der Waals surface area contributed by atoms with E-state index in [1.165, 1.54) is 6.33 Å². The van der Waals surface area contributed by atoms with Crippen molar-refractivity contribution in [1.29, 1.82) is 0 Å². The van der Waals surface area contributed by atoms with Crippen LogP contribution < -0.4 is 5.73 Å². The average Bonchev–Trinajstić information content (AvgIpc) is 2.19. The van der Waals surface area contributed by atoms with Crippen LogP contribution in [-0.4, -0.2) is 28.4 Å².